The maximum Gasteiger partial charge on any atom is 0.323 e. The van der Waals surface area contributed by atoms with Crippen LogP contribution in [0.2, 0.25) is 0 Å². The van der Waals surface area contributed by atoms with Gasteiger partial charge in [0.05, 0.1) is 12.2 Å². The minimum Gasteiger partial charge on any atom is -0.480 e. The van der Waals surface area contributed by atoms with Crippen molar-refractivity contribution in [3.8, 4) is 0 Å². The lowest BCUT2D eigenvalue weighted by Gasteiger charge is -2.41. The van der Waals surface area contributed by atoms with E-state index in [0.717, 1.165) is 19.3 Å². The average molecular weight is 217 g/mol. The molecule has 0 aromatic carbocycles. The first-order valence-electron chi connectivity index (χ1n) is 5.14. The third-order valence-electron chi connectivity index (χ3n) is 3.00. The first-order valence-corrected chi connectivity index (χ1v) is 5.14. The van der Waals surface area contributed by atoms with Crippen LogP contribution in [-0.2, 0) is 14.3 Å². The molecule has 5 heteroatoms. The number of methoxy groups -OCH3 is 2. The normalized spacial score (nSPS) is 20.7. The van der Waals surface area contributed by atoms with E-state index in [1.165, 1.54) is 7.11 Å². The monoisotopic (exact) mass is 217 g/mol. The summed E-state index contributed by atoms with van der Waals surface area (Å²) in [5.41, 5.74) is -0.151. The van der Waals surface area contributed by atoms with Crippen LogP contribution in [0.1, 0.15) is 19.3 Å². The van der Waals surface area contributed by atoms with Gasteiger partial charge in [-0.3, -0.25) is 10.1 Å². The molecule has 1 aliphatic carbocycles. The van der Waals surface area contributed by atoms with Crippen molar-refractivity contribution in [2.24, 2.45) is 0 Å². The number of nitrogens with one attached hydrogen (secondary N) is 1. The van der Waals surface area contributed by atoms with Crippen molar-refractivity contribution >= 4 is 5.97 Å². The minimum absolute atomic E-state index is 0.151. The zero-order chi connectivity index (χ0) is 11.3. The van der Waals surface area contributed by atoms with Gasteiger partial charge < -0.3 is 14.6 Å². The van der Waals surface area contributed by atoms with E-state index in [-0.39, 0.29) is 12.2 Å². The van der Waals surface area contributed by atoms with Gasteiger partial charge in [-0.25, -0.2) is 0 Å². The van der Waals surface area contributed by atoms with Gasteiger partial charge in [0.25, 0.3) is 0 Å². The van der Waals surface area contributed by atoms with Gasteiger partial charge in [0.1, 0.15) is 6.04 Å². The van der Waals surface area contributed by atoms with Gasteiger partial charge in [0, 0.05) is 20.8 Å². The number of hydrogen-bond donors (Lipinski definition) is 2. The van der Waals surface area contributed by atoms with E-state index in [1.54, 1.807) is 7.11 Å². The van der Waals surface area contributed by atoms with Crippen molar-refractivity contribution in [3.63, 3.8) is 0 Å². The van der Waals surface area contributed by atoms with Crippen LogP contribution in [0.15, 0.2) is 0 Å². The van der Waals surface area contributed by atoms with E-state index in [0.29, 0.717) is 6.54 Å². The molecule has 0 spiro atoms. The fourth-order valence-corrected chi connectivity index (χ4v) is 1.72. The van der Waals surface area contributed by atoms with E-state index in [9.17, 15) is 4.79 Å². The van der Waals surface area contributed by atoms with Gasteiger partial charge >= 0.3 is 5.97 Å². The second-order valence-electron chi connectivity index (χ2n) is 3.97. The number of carbonyl (C=O) groups is 1. The molecule has 15 heavy (non-hydrogen) atoms. The predicted octanol–water partition coefficient (Wildman–Crippen LogP) is 0.245. The summed E-state index contributed by atoms with van der Waals surface area (Å²) in [7, 11) is 3.17. The lowest BCUT2D eigenvalue weighted by molar-refractivity contribution is -0.141. The van der Waals surface area contributed by atoms with Gasteiger partial charge in [-0.1, -0.05) is 0 Å². The largest absolute Gasteiger partial charge is 0.480 e. The Labute approximate surface area is 89.8 Å². The van der Waals surface area contributed by atoms with Gasteiger partial charge in [-0.2, -0.15) is 0 Å². The van der Waals surface area contributed by atoms with Gasteiger partial charge in [-0.05, 0) is 19.3 Å². The molecule has 0 radical (unpaired) electrons. The highest BCUT2D eigenvalue weighted by Crippen LogP contribution is 2.34. The van der Waals surface area contributed by atoms with Crippen molar-refractivity contribution in [1.82, 2.24) is 5.32 Å². The summed E-state index contributed by atoms with van der Waals surface area (Å²) in [5, 5.41) is 11.8. The first kappa shape index (κ1) is 12.4. The number of hydrogen-bond acceptors (Lipinski definition) is 4. The van der Waals surface area contributed by atoms with E-state index in [1.807, 2.05) is 0 Å². The topological polar surface area (TPSA) is 67.8 Å². The number of aliphatic carboxylic acids is 1. The SMILES string of the molecule is COCC(NCC1(OC)CCC1)C(=O)O. The lowest BCUT2D eigenvalue weighted by atomic mass is 9.80. The number of ether oxygens (including phenoxy) is 2. The molecule has 1 atom stereocenters. The number of rotatable bonds is 7. The summed E-state index contributed by atoms with van der Waals surface area (Å²) in [6.45, 7) is 0.749. The average Bonchev–Trinajstić information content (AvgIpc) is 2.14. The van der Waals surface area contributed by atoms with Gasteiger partial charge in [0.15, 0.2) is 0 Å². The van der Waals surface area contributed by atoms with Crippen LogP contribution in [0.3, 0.4) is 0 Å². The Morgan fingerprint density at radius 1 is 1.53 bits per heavy atom. The molecule has 1 fully saturated rings. The highest BCUT2D eigenvalue weighted by Gasteiger charge is 2.37. The molecule has 0 aromatic rings. The van der Waals surface area contributed by atoms with E-state index < -0.39 is 12.0 Å². The molecule has 1 saturated carbocycles. The zero-order valence-corrected chi connectivity index (χ0v) is 9.28. The Bertz CT molecular complexity index is 210. The molecule has 0 amide bonds. The van der Waals surface area contributed by atoms with E-state index in [2.05, 4.69) is 5.32 Å². The molecule has 0 heterocycles. The molecule has 0 bridgehead atoms. The molecule has 1 rings (SSSR count). The first-order chi connectivity index (χ1) is 7.13. The van der Waals surface area contributed by atoms with Crippen molar-refractivity contribution in [2.45, 2.75) is 30.9 Å². The molecule has 0 saturated heterocycles. The molecule has 0 aliphatic heterocycles. The Balaban J connectivity index is 2.35. The van der Waals surface area contributed by atoms with Crippen molar-refractivity contribution in [2.75, 3.05) is 27.4 Å². The van der Waals surface area contributed by atoms with Crippen LogP contribution in [-0.4, -0.2) is 50.1 Å². The third kappa shape index (κ3) is 3.15. The smallest absolute Gasteiger partial charge is 0.323 e. The van der Waals surface area contributed by atoms with Crippen LogP contribution in [0.4, 0.5) is 0 Å². The molecule has 88 valence electrons. The van der Waals surface area contributed by atoms with Crippen LogP contribution >= 0.6 is 0 Å². The van der Waals surface area contributed by atoms with E-state index in [4.69, 9.17) is 14.6 Å². The van der Waals surface area contributed by atoms with Gasteiger partial charge in [0.2, 0.25) is 0 Å². The maximum atomic E-state index is 10.8. The summed E-state index contributed by atoms with van der Waals surface area (Å²) in [5.74, 6) is -0.887. The summed E-state index contributed by atoms with van der Waals surface area (Å²) in [4.78, 5) is 10.8. The standard InChI is InChI=1S/C10H19NO4/c1-14-6-8(9(12)13)11-7-10(15-2)4-3-5-10/h8,11H,3-7H2,1-2H3,(H,12,13). The molecule has 1 aliphatic rings. The highest BCUT2D eigenvalue weighted by molar-refractivity contribution is 5.73. The van der Waals surface area contributed by atoms with Crippen molar-refractivity contribution in [3.05, 3.63) is 0 Å². The fraction of sp³-hybridized carbons (Fsp3) is 0.900. The van der Waals surface area contributed by atoms with Crippen LogP contribution in [0.25, 0.3) is 0 Å². The Morgan fingerprint density at radius 3 is 2.53 bits per heavy atom. The quantitative estimate of drug-likeness (QED) is 0.639. The van der Waals surface area contributed by atoms with Gasteiger partial charge in [-0.15, -0.1) is 0 Å². The Kier molecular flexibility index (Phi) is 4.50. The third-order valence-corrected chi connectivity index (χ3v) is 3.00. The molecule has 2 N–H and O–H groups in total. The van der Waals surface area contributed by atoms with Crippen LogP contribution < -0.4 is 5.32 Å². The molecular weight excluding hydrogens is 198 g/mol. The number of carboxylic acid groups (broad SMARTS) is 1. The Morgan fingerprint density at radius 2 is 2.20 bits per heavy atom. The lowest BCUT2D eigenvalue weighted by Crippen LogP contribution is -2.53. The highest BCUT2D eigenvalue weighted by atomic mass is 16.5. The van der Waals surface area contributed by atoms with Crippen molar-refractivity contribution < 1.29 is 19.4 Å². The minimum atomic E-state index is -0.887. The summed E-state index contributed by atoms with van der Waals surface area (Å²) >= 11 is 0. The van der Waals surface area contributed by atoms with Crippen LogP contribution in [0.5, 0.6) is 0 Å². The molecule has 5 nitrogen and oxygen atoms in total. The second kappa shape index (κ2) is 5.44. The maximum absolute atomic E-state index is 10.8. The molecule has 0 aromatic heterocycles. The van der Waals surface area contributed by atoms with Crippen LogP contribution in [0, 0.1) is 0 Å². The van der Waals surface area contributed by atoms with Crippen molar-refractivity contribution in [1.29, 1.82) is 0 Å². The van der Waals surface area contributed by atoms with E-state index >= 15 is 0 Å². The summed E-state index contributed by atoms with van der Waals surface area (Å²) in [6.07, 6.45) is 3.14. The number of carboxylic acids is 1. The Hall–Kier alpha value is -0.650. The molecular formula is C10H19NO4. The zero-order valence-electron chi connectivity index (χ0n) is 9.28. The summed E-state index contributed by atoms with van der Waals surface area (Å²) < 4.78 is 10.2. The summed E-state index contributed by atoms with van der Waals surface area (Å²) in [6, 6.07) is -0.650. The second-order valence-corrected chi connectivity index (χ2v) is 3.97. The fourth-order valence-electron chi connectivity index (χ4n) is 1.72. The molecule has 1 unspecified atom stereocenters. The predicted molar refractivity (Wildman–Crippen MR) is 54.9 cm³/mol.